The van der Waals surface area contributed by atoms with Crippen LogP contribution in [0.2, 0.25) is 0 Å². The number of hydrogen-bond donors (Lipinski definition) is 2. The first-order valence-electron chi connectivity index (χ1n) is 9.08. The summed E-state index contributed by atoms with van der Waals surface area (Å²) >= 11 is 0. The largest absolute Gasteiger partial charge is 0.361 e. The number of para-hydroxylation sites is 2. The third-order valence-corrected chi connectivity index (χ3v) is 5.18. The van der Waals surface area contributed by atoms with Crippen LogP contribution in [0.4, 0.5) is 10.5 Å². The van der Waals surface area contributed by atoms with Gasteiger partial charge in [-0.25, -0.2) is 4.79 Å². The van der Waals surface area contributed by atoms with E-state index in [4.69, 9.17) is 0 Å². The smallest absolute Gasteiger partial charge is 0.322 e. The zero-order chi connectivity index (χ0) is 18.2. The fourth-order valence-electron chi connectivity index (χ4n) is 3.92. The van der Waals surface area contributed by atoms with Gasteiger partial charge in [0, 0.05) is 40.5 Å². The second kappa shape index (κ2) is 6.32. The molecule has 1 atom stereocenters. The van der Waals surface area contributed by atoms with E-state index in [1.165, 1.54) is 0 Å². The molecule has 2 N–H and O–H groups in total. The molecule has 27 heavy (non-hydrogen) atoms. The van der Waals surface area contributed by atoms with Gasteiger partial charge in [-0.1, -0.05) is 66.7 Å². The van der Waals surface area contributed by atoms with Crippen LogP contribution in [-0.4, -0.2) is 15.9 Å². The molecule has 4 aromatic rings. The van der Waals surface area contributed by atoms with Crippen LogP contribution >= 0.6 is 0 Å². The third kappa shape index (κ3) is 2.66. The maximum Gasteiger partial charge on any atom is 0.322 e. The number of hydrogen-bond acceptors (Lipinski definition) is 1. The van der Waals surface area contributed by atoms with Crippen LogP contribution in [0.15, 0.2) is 85.1 Å². The molecule has 2 amide bonds. The van der Waals surface area contributed by atoms with Gasteiger partial charge in [-0.3, -0.25) is 0 Å². The molecule has 1 aliphatic heterocycles. The summed E-state index contributed by atoms with van der Waals surface area (Å²) in [6, 6.07) is 26.2. The highest BCUT2D eigenvalue weighted by atomic mass is 16.2. The second-order valence-corrected chi connectivity index (χ2v) is 6.82. The van der Waals surface area contributed by atoms with Crippen molar-refractivity contribution in [3.8, 4) is 0 Å². The minimum Gasteiger partial charge on any atom is -0.361 e. The van der Waals surface area contributed by atoms with Crippen LogP contribution in [0, 0.1) is 0 Å². The Bertz CT molecular complexity index is 1120. The van der Waals surface area contributed by atoms with Crippen LogP contribution in [-0.2, 0) is 6.54 Å². The zero-order valence-electron chi connectivity index (χ0n) is 14.7. The monoisotopic (exact) mass is 353 g/mol. The Hall–Kier alpha value is -3.53. The molecule has 0 bridgehead atoms. The number of fused-ring (bicyclic) bond motifs is 2. The molecule has 1 unspecified atom stereocenters. The van der Waals surface area contributed by atoms with Gasteiger partial charge < -0.3 is 15.2 Å². The average Bonchev–Trinajstić information content (AvgIpc) is 3.13. The molecule has 3 aromatic carbocycles. The second-order valence-electron chi connectivity index (χ2n) is 6.82. The lowest BCUT2D eigenvalue weighted by atomic mass is 9.93. The molecular formula is C23H19N3O. The molecule has 5 rings (SSSR count). The quantitative estimate of drug-likeness (QED) is 0.515. The molecule has 132 valence electrons. The van der Waals surface area contributed by atoms with E-state index in [2.05, 4.69) is 40.6 Å². The summed E-state index contributed by atoms with van der Waals surface area (Å²) in [6.45, 7) is 0.547. The number of nitrogens with zero attached hydrogens (tertiary/aromatic N) is 1. The molecule has 0 saturated carbocycles. The van der Waals surface area contributed by atoms with Crippen LogP contribution in [0.3, 0.4) is 0 Å². The number of carbonyl (C=O) groups is 1. The first kappa shape index (κ1) is 15.7. The molecule has 2 heterocycles. The highest BCUT2D eigenvalue weighted by Gasteiger charge is 2.34. The standard InChI is InChI=1S/C23H19N3O/c27-23-25-21-13-7-5-11-18(21)22(26(23)15-16-8-2-1-3-9-16)19-14-24-20-12-6-4-10-17(19)20/h1-14,22,24H,15H2,(H,25,27). The van der Waals surface area contributed by atoms with E-state index in [0.717, 1.165) is 33.3 Å². The Kier molecular flexibility index (Phi) is 3.68. The van der Waals surface area contributed by atoms with Crippen molar-refractivity contribution in [2.45, 2.75) is 12.6 Å². The summed E-state index contributed by atoms with van der Waals surface area (Å²) in [5.74, 6) is 0. The maximum atomic E-state index is 13.0. The van der Waals surface area contributed by atoms with Gasteiger partial charge in [0.25, 0.3) is 0 Å². The molecule has 1 aromatic heterocycles. The summed E-state index contributed by atoms with van der Waals surface area (Å²) in [6.07, 6.45) is 2.03. The van der Waals surface area contributed by atoms with Gasteiger partial charge in [-0.2, -0.15) is 0 Å². The number of aromatic amines is 1. The van der Waals surface area contributed by atoms with Crippen molar-refractivity contribution in [3.05, 3.63) is 102 Å². The fraction of sp³-hybridized carbons (Fsp3) is 0.0870. The summed E-state index contributed by atoms with van der Waals surface area (Å²) in [5, 5.41) is 4.19. The molecular weight excluding hydrogens is 334 g/mol. The number of benzene rings is 3. The number of nitrogens with one attached hydrogen (secondary N) is 2. The summed E-state index contributed by atoms with van der Waals surface area (Å²) in [5.41, 5.74) is 5.29. The first-order chi connectivity index (χ1) is 13.3. The van der Waals surface area contributed by atoms with Gasteiger partial charge in [0.2, 0.25) is 0 Å². The Morgan fingerprint density at radius 2 is 1.56 bits per heavy atom. The number of carbonyl (C=O) groups excluding carboxylic acids is 1. The van der Waals surface area contributed by atoms with Crippen LogP contribution < -0.4 is 5.32 Å². The van der Waals surface area contributed by atoms with E-state index in [1.807, 2.05) is 59.6 Å². The van der Waals surface area contributed by atoms with Gasteiger partial charge in [0.15, 0.2) is 0 Å². The normalized spacial score (nSPS) is 16.2. The number of anilines is 1. The van der Waals surface area contributed by atoms with E-state index in [1.54, 1.807) is 0 Å². The summed E-state index contributed by atoms with van der Waals surface area (Å²) in [7, 11) is 0. The van der Waals surface area contributed by atoms with Crippen molar-refractivity contribution in [2.24, 2.45) is 0 Å². The number of aromatic nitrogens is 1. The summed E-state index contributed by atoms with van der Waals surface area (Å²) < 4.78 is 0. The first-order valence-corrected chi connectivity index (χ1v) is 9.08. The van der Waals surface area contributed by atoms with Gasteiger partial charge in [0.05, 0.1) is 6.04 Å². The van der Waals surface area contributed by atoms with E-state index < -0.39 is 0 Å². The number of H-pyrrole nitrogens is 1. The van der Waals surface area contributed by atoms with E-state index >= 15 is 0 Å². The van der Waals surface area contributed by atoms with Gasteiger partial charge >= 0.3 is 6.03 Å². The van der Waals surface area contributed by atoms with Crippen molar-refractivity contribution in [2.75, 3.05) is 5.32 Å². The molecule has 0 spiro atoms. The van der Waals surface area contributed by atoms with E-state index in [0.29, 0.717) is 6.54 Å². The predicted molar refractivity (Wildman–Crippen MR) is 108 cm³/mol. The van der Waals surface area contributed by atoms with Gasteiger partial charge in [0.1, 0.15) is 0 Å². The Morgan fingerprint density at radius 1 is 0.815 bits per heavy atom. The van der Waals surface area contributed by atoms with E-state index in [9.17, 15) is 4.79 Å². The van der Waals surface area contributed by atoms with Crippen LogP contribution in [0.1, 0.15) is 22.7 Å². The van der Waals surface area contributed by atoms with Crippen molar-refractivity contribution in [1.82, 2.24) is 9.88 Å². The van der Waals surface area contributed by atoms with Gasteiger partial charge in [-0.05, 0) is 17.7 Å². The average molecular weight is 353 g/mol. The van der Waals surface area contributed by atoms with Crippen molar-refractivity contribution in [1.29, 1.82) is 0 Å². The SMILES string of the molecule is O=C1Nc2ccccc2C(c2c[nH]c3ccccc23)N1Cc1ccccc1. The van der Waals surface area contributed by atoms with Crippen LogP contribution in [0.25, 0.3) is 10.9 Å². The van der Waals surface area contributed by atoms with Crippen molar-refractivity contribution >= 4 is 22.6 Å². The maximum absolute atomic E-state index is 13.0. The minimum absolute atomic E-state index is 0.0761. The lowest BCUT2D eigenvalue weighted by Gasteiger charge is -2.37. The highest BCUT2D eigenvalue weighted by Crippen LogP contribution is 2.40. The van der Waals surface area contributed by atoms with Gasteiger partial charge in [-0.15, -0.1) is 0 Å². The van der Waals surface area contributed by atoms with Crippen molar-refractivity contribution < 1.29 is 4.79 Å². The topological polar surface area (TPSA) is 48.1 Å². The molecule has 0 radical (unpaired) electrons. The Labute approximate surface area is 157 Å². The van der Waals surface area contributed by atoms with Crippen LogP contribution in [0.5, 0.6) is 0 Å². The molecule has 0 saturated heterocycles. The van der Waals surface area contributed by atoms with Crippen molar-refractivity contribution in [3.63, 3.8) is 0 Å². The Morgan fingerprint density at radius 3 is 2.44 bits per heavy atom. The summed E-state index contributed by atoms with van der Waals surface area (Å²) in [4.78, 5) is 18.3. The molecule has 0 fully saturated rings. The lowest BCUT2D eigenvalue weighted by molar-refractivity contribution is 0.192. The highest BCUT2D eigenvalue weighted by molar-refractivity contribution is 5.95. The number of rotatable bonds is 3. The van der Waals surface area contributed by atoms with E-state index in [-0.39, 0.29) is 12.1 Å². The lowest BCUT2D eigenvalue weighted by Crippen LogP contribution is -2.42. The molecule has 1 aliphatic rings. The fourth-order valence-corrected chi connectivity index (χ4v) is 3.92. The minimum atomic E-state index is -0.147. The Balaban J connectivity index is 1.68. The number of amides is 2. The zero-order valence-corrected chi connectivity index (χ0v) is 14.7. The third-order valence-electron chi connectivity index (χ3n) is 5.18. The number of urea groups is 1. The molecule has 4 nitrogen and oxygen atoms in total. The predicted octanol–water partition coefficient (Wildman–Crippen LogP) is 5.31. The molecule has 4 heteroatoms. The molecule has 0 aliphatic carbocycles.